The summed E-state index contributed by atoms with van der Waals surface area (Å²) in [6.45, 7) is 4.03. The Morgan fingerprint density at radius 1 is 1.35 bits per heavy atom. The predicted octanol–water partition coefficient (Wildman–Crippen LogP) is 2.01. The standard InChI is InChI=1S/C17H24N2O6.ClH/c1-3-24-16(20)12-4-5-14(15(10-12)23-2)25-9-6-13-11-19(17(21)22)8-7-18-13;/h4-5,10,13,18H,3,6-9,11H2,1-2H3,(H,21,22);1H/t13-;/m1./s1. The van der Waals surface area contributed by atoms with Crippen molar-refractivity contribution >= 4 is 24.5 Å². The molecule has 1 atom stereocenters. The maximum absolute atomic E-state index is 11.8. The van der Waals surface area contributed by atoms with Gasteiger partial charge in [0.15, 0.2) is 11.5 Å². The molecule has 8 nitrogen and oxygen atoms in total. The van der Waals surface area contributed by atoms with Crippen LogP contribution in [0.2, 0.25) is 0 Å². The van der Waals surface area contributed by atoms with Crippen LogP contribution in [-0.4, -0.2) is 68.1 Å². The van der Waals surface area contributed by atoms with E-state index in [0.717, 1.165) is 0 Å². The van der Waals surface area contributed by atoms with Gasteiger partial charge in [0.25, 0.3) is 0 Å². The first-order valence-electron chi connectivity index (χ1n) is 8.24. The van der Waals surface area contributed by atoms with E-state index in [1.54, 1.807) is 25.1 Å². The van der Waals surface area contributed by atoms with Crippen molar-refractivity contribution in [2.45, 2.75) is 19.4 Å². The van der Waals surface area contributed by atoms with Crippen LogP contribution in [0.3, 0.4) is 0 Å². The molecule has 0 radical (unpaired) electrons. The average Bonchev–Trinajstić information content (AvgIpc) is 2.62. The van der Waals surface area contributed by atoms with E-state index in [-0.39, 0.29) is 18.4 Å². The van der Waals surface area contributed by atoms with Crippen LogP contribution in [-0.2, 0) is 4.74 Å². The van der Waals surface area contributed by atoms with Gasteiger partial charge in [-0.15, -0.1) is 12.4 Å². The molecule has 0 unspecified atom stereocenters. The van der Waals surface area contributed by atoms with Gasteiger partial charge in [-0.3, -0.25) is 0 Å². The Kier molecular flexibility index (Phi) is 9.01. The minimum atomic E-state index is -0.899. The van der Waals surface area contributed by atoms with Gasteiger partial charge in [-0.2, -0.15) is 0 Å². The van der Waals surface area contributed by atoms with E-state index in [1.165, 1.54) is 12.0 Å². The van der Waals surface area contributed by atoms with Crippen molar-refractivity contribution < 1.29 is 28.9 Å². The van der Waals surface area contributed by atoms with Gasteiger partial charge in [0.05, 0.1) is 25.9 Å². The number of carbonyl (C=O) groups is 2. The van der Waals surface area contributed by atoms with E-state index in [0.29, 0.717) is 56.3 Å². The van der Waals surface area contributed by atoms with E-state index in [4.69, 9.17) is 19.3 Å². The molecule has 1 aliphatic rings. The number of hydrogen-bond acceptors (Lipinski definition) is 6. The number of carboxylic acid groups (broad SMARTS) is 1. The van der Waals surface area contributed by atoms with Crippen molar-refractivity contribution in [2.75, 3.05) is 40.0 Å². The number of piperazine rings is 1. The predicted molar refractivity (Wildman–Crippen MR) is 97.7 cm³/mol. The molecule has 26 heavy (non-hydrogen) atoms. The quantitative estimate of drug-likeness (QED) is 0.689. The lowest BCUT2D eigenvalue weighted by Crippen LogP contribution is -2.52. The van der Waals surface area contributed by atoms with Gasteiger partial charge in [-0.25, -0.2) is 9.59 Å². The lowest BCUT2D eigenvalue weighted by atomic mass is 10.1. The number of nitrogens with zero attached hydrogens (tertiary/aromatic N) is 1. The highest BCUT2D eigenvalue weighted by atomic mass is 35.5. The maximum Gasteiger partial charge on any atom is 0.407 e. The Balaban J connectivity index is 0.00000338. The van der Waals surface area contributed by atoms with Crippen LogP contribution in [0.15, 0.2) is 18.2 Å². The Morgan fingerprint density at radius 2 is 2.12 bits per heavy atom. The summed E-state index contributed by atoms with van der Waals surface area (Å²) in [7, 11) is 1.50. The SMILES string of the molecule is CCOC(=O)c1ccc(OCC[C@@H]2CN(C(=O)O)CCN2)c(OC)c1.Cl. The molecule has 1 amide bonds. The van der Waals surface area contributed by atoms with Gasteiger partial charge in [0.1, 0.15) is 0 Å². The summed E-state index contributed by atoms with van der Waals surface area (Å²) in [5, 5.41) is 12.3. The van der Waals surface area contributed by atoms with E-state index in [9.17, 15) is 9.59 Å². The van der Waals surface area contributed by atoms with Gasteiger partial charge < -0.3 is 29.5 Å². The van der Waals surface area contributed by atoms with Crippen LogP contribution in [0, 0.1) is 0 Å². The summed E-state index contributed by atoms with van der Waals surface area (Å²) in [6, 6.07) is 4.93. The number of rotatable bonds is 7. The third-order valence-electron chi connectivity index (χ3n) is 3.92. The fourth-order valence-electron chi connectivity index (χ4n) is 2.63. The summed E-state index contributed by atoms with van der Waals surface area (Å²) < 4.78 is 16.0. The average molecular weight is 389 g/mol. The van der Waals surface area contributed by atoms with Crippen LogP contribution < -0.4 is 14.8 Å². The molecule has 0 spiro atoms. The normalized spacial score (nSPS) is 16.4. The Morgan fingerprint density at radius 3 is 2.77 bits per heavy atom. The van der Waals surface area contributed by atoms with E-state index >= 15 is 0 Å². The first kappa shape index (κ1) is 21.9. The number of ether oxygens (including phenoxy) is 3. The molecule has 1 aromatic rings. The number of carbonyl (C=O) groups excluding carboxylic acids is 1. The fraction of sp³-hybridized carbons (Fsp3) is 0.529. The van der Waals surface area contributed by atoms with Gasteiger partial charge in [0.2, 0.25) is 0 Å². The van der Waals surface area contributed by atoms with Gasteiger partial charge in [-0.05, 0) is 31.5 Å². The van der Waals surface area contributed by atoms with Gasteiger partial charge in [-0.1, -0.05) is 0 Å². The molecule has 1 fully saturated rings. The first-order chi connectivity index (χ1) is 12.0. The van der Waals surface area contributed by atoms with E-state index in [1.807, 2.05) is 0 Å². The van der Waals surface area contributed by atoms with Crippen molar-refractivity contribution in [1.29, 1.82) is 0 Å². The number of hydrogen-bond donors (Lipinski definition) is 2. The van der Waals surface area contributed by atoms with Crippen LogP contribution in [0.5, 0.6) is 11.5 Å². The Labute approximate surface area is 158 Å². The second kappa shape index (κ2) is 10.7. The number of nitrogens with one attached hydrogen (secondary N) is 1. The monoisotopic (exact) mass is 388 g/mol. The minimum absolute atomic E-state index is 0. The lowest BCUT2D eigenvalue weighted by Gasteiger charge is -2.31. The molecule has 1 saturated heterocycles. The molecular formula is C17H25ClN2O6. The molecule has 1 aliphatic heterocycles. The largest absolute Gasteiger partial charge is 0.493 e. The second-order valence-corrected chi connectivity index (χ2v) is 5.60. The molecule has 2 rings (SSSR count). The molecule has 2 N–H and O–H groups in total. The first-order valence-corrected chi connectivity index (χ1v) is 8.24. The van der Waals surface area contributed by atoms with Gasteiger partial charge in [0, 0.05) is 25.7 Å². The van der Waals surface area contributed by atoms with Crippen LogP contribution in [0.25, 0.3) is 0 Å². The number of halogens is 1. The van der Waals surface area contributed by atoms with Gasteiger partial charge >= 0.3 is 12.1 Å². The summed E-state index contributed by atoms with van der Waals surface area (Å²) >= 11 is 0. The molecule has 9 heteroatoms. The molecule has 0 aliphatic carbocycles. The van der Waals surface area contributed by atoms with Crippen molar-refractivity contribution in [3.05, 3.63) is 23.8 Å². The molecule has 1 aromatic carbocycles. The Bertz CT molecular complexity index is 613. The third-order valence-corrected chi connectivity index (χ3v) is 3.92. The number of methoxy groups -OCH3 is 1. The Hall–Kier alpha value is -2.19. The zero-order chi connectivity index (χ0) is 18.2. The summed E-state index contributed by atoms with van der Waals surface area (Å²) in [6.07, 6.45) is -0.240. The second-order valence-electron chi connectivity index (χ2n) is 5.60. The molecule has 1 heterocycles. The van der Waals surface area contributed by atoms with Crippen LogP contribution in [0.4, 0.5) is 4.79 Å². The highest BCUT2D eigenvalue weighted by Gasteiger charge is 2.22. The molecule has 0 saturated carbocycles. The lowest BCUT2D eigenvalue weighted by molar-refractivity contribution is 0.0525. The van der Waals surface area contributed by atoms with E-state index in [2.05, 4.69) is 5.32 Å². The minimum Gasteiger partial charge on any atom is -0.493 e. The molecule has 0 bridgehead atoms. The zero-order valence-electron chi connectivity index (χ0n) is 14.9. The summed E-state index contributed by atoms with van der Waals surface area (Å²) in [5.41, 5.74) is 0.400. The van der Waals surface area contributed by atoms with Crippen molar-refractivity contribution in [3.8, 4) is 11.5 Å². The smallest absolute Gasteiger partial charge is 0.407 e. The highest BCUT2D eigenvalue weighted by molar-refractivity contribution is 5.90. The van der Waals surface area contributed by atoms with E-state index < -0.39 is 12.1 Å². The maximum atomic E-state index is 11.8. The molecule has 0 aromatic heterocycles. The summed E-state index contributed by atoms with van der Waals surface area (Å²) in [5.74, 6) is 0.572. The highest BCUT2D eigenvalue weighted by Crippen LogP contribution is 2.28. The zero-order valence-corrected chi connectivity index (χ0v) is 15.7. The topological polar surface area (TPSA) is 97.3 Å². The molecule has 146 valence electrons. The van der Waals surface area contributed by atoms with Crippen LogP contribution >= 0.6 is 12.4 Å². The third kappa shape index (κ3) is 5.96. The molecular weight excluding hydrogens is 364 g/mol. The van der Waals surface area contributed by atoms with Crippen molar-refractivity contribution in [1.82, 2.24) is 10.2 Å². The fourth-order valence-corrected chi connectivity index (χ4v) is 2.63. The number of amides is 1. The summed E-state index contributed by atoms with van der Waals surface area (Å²) in [4.78, 5) is 24.2. The van der Waals surface area contributed by atoms with Crippen molar-refractivity contribution in [2.24, 2.45) is 0 Å². The van der Waals surface area contributed by atoms with Crippen LogP contribution in [0.1, 0.15) is 23.7 Å². The number of esters is 1. The number of benzene rings is 1. The van der Waals surface area contributed by atoms with Crippen molar-refractivity contribution in [3.63, 3.8) is 0 Å².